The SMILES string of the molecule is CC1=NC(C)CN=C1[C@@H]1C[C@H]2C=C[C@@H]1C2. The van der Waals surface area contributed by atoms with Crippen molar-refractivity contribution >= 4 is 11.4 Å². The highest BCUT2D eigenvalue weighted by Gasteiger charge is 2.39. The molecule has 0 aromatic heterocycles. The van der Waals surface area contributed by atoms with Crippen LogP contribution in [-0.4, -0.2) is 24.0 Å². The summed E-state index contributed by atoms with van der Waals surface area (Å²) in [6.07, 6.45) is 7.44. The summed E-state index contributed by atoms with van der Waals surface area (Å²) in [5.74, 6) is 2.26. The third-order valence-corrected chi connectivity index (χ3v) is 3.94. The number of fused-ring (bicyclic) bond motifs is 2. The summed E-state index contributed by atoms with van der Waals surface area (Å²) in [6, 6.07) is 0.392. The average Bonchev–Trinajstić information content (AvgIpc) is 2.78. The molecule has 0 saturated heterocycles. The molecule has 3 rings (SSSR count). The van der Waals surface area contributed by atoms with Gasteiger partial charge < -0.3 is 0 Å². The van der Waals surface area contributed by atoms with Crippen LogP contribution in [0.5, 0.6) is 0 Å². The van der Waals surface area contributed by atoms with Crippen LogP contribution in [0.15, 0.2) is 22.1 Å². The zero-order valence-corrected chi connectivity index (χ0v) is 9.48. The number of rotatable bonds is 1. The van der Waals surface area contributed by atoms with Crippen molar-refractivity contribution in [1.29, 1.82) is 0 Å². The fourth-order valence-corrected chi connectivity index (χ4v) is 3.26. The molecular weight excluding hydrogens is 184 g/mol. The summed E-state index contributed by atoms with van der Waals surface area (Å²) in [7, 11) is 0. The molecule has 0 aromatic rings. The molecule has 1 aliphatic heterocycles. The van der Waals surface area contributed by atoms with E-state index in [2.05, 4.69) is 31.0 Å². The molecule has 0 spiro atoms. The van der Waals surface area contributed by atoms with Crippen LogP contribution in [-0.2, 0) is 0 Å². The second-order valence-electron chi connectivity index (χ2n) is 5.18. The van der Waals surface area contributed by atoms with Gasteiger partial charge in [0, 0.05) is 5.92 Å². The summed E-state index contributed by atoms with van der Waals surface area (Å²) in [5, 5.41) is 0. The maximum atomic E-state index is 4.74. The maximum absolute atomic E-state index is 4.74. The van der Waals surface area contributed by atoms with Gasteiger partial charge in [0.25, 0.3) is 0 Å². The Balaban J connectivity index is 1.84. The predicted molar refractivity (Wildman–Crippen MR) is 63.7 cm³/mol. The fourth-order valence-electron chi connectivity index (χ4n) is 3.26. The minimum atomic E-state index is 0.392. The lowest BCUT2D eigenvalue weighted by Gasteiger charge is -2.24. The first kappa shape index (κ1) is 9.32. The standard InChI is InChI=1S/C13H18N2/c1-8-7-14-13(9(2)15-8)12-6-10-3-4-11(12)5-10/h3-4,8,10-12H,5-7H2,1-2H3/t8?,10-,11+,12+/m0/s1. The zero-order chi connectivity index (χ0) is 10.4. The Kier molecular flexibility index (Phi) is 2.04. The largest absolute Gasteiger partial charge is 0.285 e. The Morgan fingerprint density at radius 1 is 1.27 bits per heavy atom. The van der Waals surface area contributed by atoms with Gasteiger partial charge in [-0.2, -0.15) is 0 Å². The first-order valence-electron chi connectivity index (χ1n) is 6.01. The monoisotopic (exact) mass is 202 g/mol. The van der Waals surface area contributed by atoms with Crippen LogP contribution >= 0.6 is 0 Å². The number of aliphatic imine (C=N–C) groups is 2. The lowest BCUT2D eigenvalue weighted by Crippen LogP contribution is -2.30. The molecule has 2 heteroatoms. The van der Waals surface area contributed by atoms with Crippen molar-refractivity contribution in [1.82, 2.24) is 0 Å². The van der Waals surface area contributed by atoms with Crippen molar-refractivity contribution in [2.75, 3.05) is 6.54 Å². The molecular formula is C13H18N2. The summed E-state index contributed by atoms with van der Waals surface area (Å²) in [4.78, 5) is 9.40. The van der Waals surface area contributed by atoms with Crippen LogP contribution in [0.1, 0.15) is 26.7 Å². The van der Waals surface area contributed by atoms with E-state index in [1.807, 2.05) is 0 Å². The van der Waals surface area contributed by atoms with Crippen molar-refractivity contribution in [3.8, 4) is 0 Å². The molecule has 1 saturated carbocycles. The van der Waals surface area contributed by atoms with E-state index in [1.165, 1.54) is 24.3 Å². The highest BCUT2D eigenvalue weighted by molar-refractivity contribution is 6.42. The van der Waals surface area contributed by atoms with E-state index in [9.17, 15) is 0 Å². The van der Waals surface area contributed by atoms with Crippen molar-refractivity contribution in [2.45, 2.75) is 32.7 Å². The van der Waals surface area contributed by atoms with E-state index in [0.717, 1.165) is 18.4 Å². The van der Waals surface area contributed by atoms with Gasteiger partial charge in [-0.05, 0) is 38.5 Å². The van der Waals surface area contributed by atoms with Crippen molar-refractivity contribution in [3.05, 3.63) is 12.2 Å². The minimum absolute atomic E-state index is 0.392. The highest BCUT2D eigenvalue weighted by atomic mass is 14.9. The maximum Gasteiger partial charge on any atom is 0.0670 e. The lowest BCUT2D eigenvalue weighted by molar-refractivity contribution is 0.580. The summed E-state index contributed by atoms with van der Waals surface area (Å²) in [6.45, 7) is 5.17. The second-order valence-corrected chi connectivity index (χ2v) is 5.18. The Bertz CT molecular complexity index is 365. The van der Waals surface area contributed by atoms with Gasteiger partial charge in [0.05, 0.1) is 24.0 Å². The molecule has 2 bridgehead atoms. The highest BCUT2D eigenvalue weighted by Crippen LogP contribution is 2.44. The Labute approximate surface area is 91.2 Å². The Morgan fingerprint density at radius 3 is 2.73 bits per heavy atom. The third-order valence-electron chi connectivity index (χ3n) is 3.94. The molecule has 2 nitrogen and oxygen atoms in total. The zero-order valence-electron chi connectivity index (χ0n) is 9.48. The van der Waals surface area contributed by atoms with Gasteiger partial charge in [0.1, 0.15) is 0 Å². The van der Waals surface area contributed by atoms with E-state index in [-0.39, 0.29) is 0 Å². The lowest BCUT2D eigenvalue weighted by atomic mass is 9.86. The first-order chi connectivity index (χ1) is 7.24. The van der Waals surface area contributed by atoms with Gasteiger partial charge in [0.2, 0.25) is 0 Å². The molecule has 80 valence electrons. The molecule has 1 fully saturated rings. The number of hydrogen-bond donors (Lipinski definition) is 0. The smallest absolute Gasteiger partial charge is 0.0670 e. The molecule has 3 aliphatic rings. The molecule has 0 aromatic carbocycles. The van der Waals surface area contributed by atoms with Crippen molar-refractivity contribution in [3.63, 3.8) is 0 Å². The van der Waals surface area contributed by atoms with Gasteiger partial charge in [-0.15, -0.1) is 0 Å². The Morgan fingerprint density at radius 2 is 2.13 bits per heavy atom. The third kappa shape index (κ3) is 1.47. The van der Waals surface area contributed by atoms with Gasteiger partial charge in [-0.1, -0.05) is 12.2 Å². The fraction of sp³-hybridized carbons (Fsp3) is 0.692. The van der Waals surface area contributed by atoms with Gasteiger partial charge in [-0.3, -0.25) is 9.98 Å². The molecule has 4 atom stereocenters. The number of hydrogen-bond acceptors (Lipinski definition) is 2. The second kappa shape index (κ2) is 3.29. The van der Waals surface area contributed by atoms with Crippen LogP contribution in [0.4, 0.5) is 0 Å². The van der Waals surface area contributed by atoms with Crippen LogP contribution in [0.2, 0.25) is 0 Å². The minimum Gasteiger partial charge on any atom is -0.285 e. The van der Waals surface area contributed by atoms with Crippen LogP contribution in [0.3, 0.4) is 0 Å². The van der Waals surface area contributed by atoms with Crippen molar-refractivity contribution < 1.29 is 0 Å². The van der Waals surface area contributed by atoms with E-state index in [4.69, 9.17) is 4.99 Å². The van der Waals surface area contributed by atoms with Gasteiger partial charge in [-0.25, -0.2) is 0 Å². The van der Waals surface area contributed by atoms with E-state index in [1.54, 1.807) is 0 Å². The number of allylic oxidation sites excluding steroid dienone is 2. The normalized spacial score (nSPS) is 43.1. The van der Waals surface area contributed by atoms with Crippen LogP contribution < -0.4 is 0 Å². The van der Waals surface area contributed by atoms with Gasteiger partial charge >= 0.3 is 0 Å². The molecule has 1 heterocycles. The molecule has 2 aliphatic carbocycles. The quantitative estimate of drug-likeness (QED) is 0.584. The predicted octanol–water partition coefficient (Wildman–Crippen LogP) is 2.50. The average molecular weight is 202 g/mol. The molecule has 15 heavy (non-hydrogen) atoms. The molecule has 0 N–H and O–H groups in total. The summed E-state index contributed by atoms with van der Waals surface area (Å²) >= 11 is 0. The Hall–Kier alpha value is -0.920. The molecule has 0 amide bonds. The van der Waals surface area contributed by atoms with Gasteiger partial charge in [0.15, 0.2) is 0 Å². The van der Waals surface area contributed by atoms with E-state index < -0.39 is 0 Å². The first-order valence-corrected chi connectivity index (χ1v) is 6.01. The topological polar surface area (TPSA) is 24.7 Å². The van der Waals surface area contributed by atoms with Crippen LogP contribution in [0, 0.1) is 17.8 Å². The number of nitrogens with zero attached hydrogens (tertiary/aromatic N) is 2. The molecule has 1 unspecified atom stereocenters. The molecule has 0 radical (unpaired) electrons. The van der Waals surface area contributed by atoms with E-state index in [0.29, 0.717) is 12.0 Å². The van der Waals surface area contributed by atoms with Crippen molar-refractivity contribution in [2.24, 2.45) is 27.7 Å². The van der Waals surface area contributed by atoms with Crippen LogP contribution in [0.25, 0.3) is 0 Å². The summed E-state index contributed by atoms with van der Waals surface area (Å²) in [5.41, 5.74) is 2.50. The van der Waals surface area contributed by atoms with E-state index >= 15 is 0 Å². The summed E-state index contributed by atoms with van der Waals surface area (Å²) < 4.78 is 0.